The van der Waals surface area contributed by atoms with Crippen LogP contribution in [0.4, 0.5) is 17.3 Å². The Bertz CT molecular complexity index is 1170. The topological polar surface area (TPSA) is 72.0 Å². The van der Waals surface area contributed by atoms with Gasteiger partial charge in [0.05, 0.1) is 42.3 Å². The van der Waals surface area contributed by atoms with E-state index in [4.69, 9.17) is 37.4 Å². The van der Waals surface area contributed by atoms with Gasteiger partial charge in [0, 0.05) is 43.5 Å². The Labute approximate surface area is 215 Å². The standard InChI is InChI=1S/C25H29Cl2N5O3/c1-16-11-22(34-4)24(27)19(23(16)26)15-35-18-13-28-25(29-14-18)30-17-5-6-20(21(12-17)33-3)32-9-7-31(2)8-10-32/h5-6,11-14H,7-10,15H2,1-4H3,(H,28,29,30). The molecule has 0 unspecified atom stereocenters. The summed E-state index contributed by atoms with van der Waals surface area (Å²) in [7, 11) is 5.39. The molecule has 0 radical (unpaired) electrons. The minimum atomic E-state index is 0.163. The second-order valence-electron chi connectivity index (χ2n) is 8.34. The molecule has 0 spiro atoms. The van der Waals surface area contributed by atoms with Crippen LogP contribution in [-0.2, 0) is 6.61 Å². The number of halogens is 2. The number of methoxy groups -OCH3 is 2. The molecule has 1 aromatic heterocycles. The summed E-state index contributed by atoms with van der Waals surface area (Å²) in [5.74, 6) is 2.30. The minimum absolute atomic E-state index is 0.163. The highest BCUT2D eigenvalue weighted by molar-refractivity contribution is 6.37. The fourth-order valence-corrected chi connectivity index (χ4v) is 4.42. The number of aromatic nitrogens is 2. The molecule has 2 aromatic carbocycles. The molecule has 186 valence electrons. The van der Waals surface area contributed by atoms with Gasteiger partial charge in [0.2, 0.25) is 5.95 Å². The van der Waals surface area contributed by atoms with Crippen LogP contribution in [0.3, 0.4) is 0 Å². The van der Waals surface area contributed by atoms with Gasteiger partial charge in [-0.3, -0.25) is 0 Å². The predicted molar refractivity (Wildman–Crippen MR) is 140 cm³/mol. The zero-order valence-corrected chi connectivity index (χ0v) is 21.8. The molecular formula is C25H29Cl2N5O3. The van der Waals surface area contributed by atoms with Gasteiger partial charge < -0.3 is 29.3 Å². The zero-order chi connectivity index (χ0) is 24.9. The number of rotatable bonds is 8. The van der Waals surface area contributed by atoms with E-state index in [-0.39, 0.29) is 6.61 Å². The van der Waals surface area contributed by atoms with Gasteiger partial charge in [-0.1, -0.05) is 23.2 Å². The monoisotopic (exact) mass is 517 g/mol. The number of aryl methyl sites for hydroxylation is 1. The van der Waals surface area contributed by atoms with E-state index in [0.29, 0.717) is 33.1 Å². The number of ether oxygens (including phenoxy) is 3. The number of nitrogens with zero attached hydrogens (tertiary/aromatic N) is 4. The van der Waals surface area contributed by atoms with Crippen molar-refractivity contribution in [1.29, 1.82) is 0 Å². The highest BCUT2D eigenvalue weighted by atomic mass is 35.5. The summed E-state index contributed by atoms with van der Waals surface area (Å²) < 4.78 is 16.8. The van der Waals surface area contributed by atoms with Gasteiger partial charge in [-0.15, -0.1) is 0 Å². The Balaban J connectivity index is 1.41. The SMILES string of the molecule is COc1cc(Nc2ncc(OCc3c(Cl)c(C)cc(OC)c3Cl)cn2)ccc1N1CCN(C)CC1. The highest BCUT2D eigenvalue weighted by Crippen LogP contribution is 2.37. The van der Waals surface area contributed by atoms with Crippen LogP contribution in [0.5, 0.6) is 17.2 Å². The molecule has 0 aliphatic carbocycles. The van der Waals surface area contributed by atoms with E-state index in [1.807, 2.05) is 19.1 Å². The quantitative estimate of drug-likeness (QED) is 0.437. The van der Waals surface area contributed by atoms with Crippen molar-refractivity contribution in [2.45, 2.75) is 13.5 Å². The summed E-state index contributed by atoms with van der Waals surface area (Å²) in [6, 6.07) is 7.81. The Morgan fingerprint density at radius 3 is 2.29 bits per heavy atom. The van der Waals surface area contributed by atoms with Crippen LogP contribution >= 0.6 is 23.2 Å². The Kier molecular flexibility index (Phi) is 8.05. The molecule has 2 heterocycles. The van der Waals surface area contributed by atoms with E-state index in [0.717, 1.165) is 48.9 Å². The summed E-state index contributed by atoms with van der Waals surface area (Å²) in [6.45, 7) is 6.05. The maximum Gasteiger partial charge on any atom is 0.227 e. The van der Waals surface area contributed by atoms with E-state index in [9.17, 15) is 0 Å². The second kappa shape index (κ2) is 11.2. The van der Waals surface area contributed by atoms with Crippen LogP contribution in [0.2, 0.25) is 10.0 Å². The summed E-state index contributed by atoms with van der Waals surface area (Å²) in [4.78, 5) is 13.4. The number of piperazine rings is 1. The number of likely N-dealkylation sites (N-methyl/N-ethyl adjacent to an activating group) is 1. The van der Waals surface area contributed by atoms with Gasteiger partial charge in [-0.05, 0) is 37.7 Å². The summed E-state index contributed by atoms with van der Waals surface area (Å²) in [5, 5.41) is 4.19. The Morgan fingerprint density at radius 2 is 1.63 bits per heavy atom. The minimum Gasteiger partial charge on any atom is -0.495 e. The molecule has 35 heavy (non-hydrogen) atoms. The highest BCUT2D eigenvalue weighted by Gasteiger charge is 2.18. The van der Waals surface area contributed by atoms with E-state index in [1.54, 1.807) is 32.7 Å². The first-order valence-corrected chi connectivity index (χ1v) is 12.0. The average molecular weight is 518 g/mol. The third-order valence-electron chi connectivity index (χ3n) is 5.95. The maximum absolute atomic E-state index is 6.42. The summed E-state index contributed by atoms with van der Waals surface area (Å²) in [5.41, 5.74) is 3.43. The van der Waals surface area contributed by atoms with Crippen molar-refractivity contribution < 1.29 is 14.2 Å². The maximum atomic E-state index is 6.42. The molecule has 0 saturated carbocycles. The first-order valence-electron chi connectivity index (χ1n) is 11.2. The average Bonchev–Trinajstić information content (AvgIpc) is 2.87. The van der Waals surface area contributed by atoms with E-state index < -0.39 is 0 Å². The molecule has 10 heteroatoms. The van der Waals surface area contributed by atoms with Gasteiger partial charge in [0.1, 0.15) is 18.1 Å². The van der Waals surface area contributed by atoms with Crippen molar-refractivity contribution in [3.63, 3.8) is 0 Å². The lowest BCUT2D eigenvalue weighted by atomic mass is 10.1. The smallest absolute Gasteiger partial charge is 0.227 e. The summed E-state index contributed by atoms with van der Waals surface area (Å²) >= 11 is 12.8. The molecule has 1 aliphatic rings. The van der Waals surface area contributed by atoms with Gasteiger partial charge in [0.15, 0.2) is 5.75 Å². The fourth-order valence-electron chi connectivity index (χ4n) is 3.89. The summed E-state index contributed by atoms with van der Waals surface area (Å²) in [6.07, 6.45) is 3.19. The molecule has 4 rings (SSSR count). The Morgan fingerprint density at radius 1 is 0.943 bits per heavy atom. The first-order chi connectivity index (χ1) is 16.9. The lowest BCUT2D eigenvalue weighted by molar-refractivity contribution is 0.303. The van der Waals surface area contributed by atoms with Crippen LogP contribution in [-0.4, -0.2) is 62.3 Å². The molecule has 0 atom stereocenters. The zero-order valence-electron chi connectivity index (χ0n) is 20.3. The van der Waals surface area contributed by atoms with Gasteiger partial charge in [0.25, 0.3) is 0 Å². The first kappa shape index (κ1) is 25.2. The van der Waals surface area contributed by atoms with Crippen LogP contribution in [0.25, 0.3) is 0 Å². The molecule has 0 amide bonds. The fraction of sp³-hybridized carbons (Fsp3) is 0.360. The molecule has 0 bridgehead atoms. The van der Waals surface area contributed by atoms with Gasteiger partial charge >= 0.3 is 0 Å². The van der Waals surface area contributed by atoms with E-state index in [1.165, 1.54) is 0 Å². The number of anilines is 3. The van der Waals surface area contributed by atoms with Crippen LogP contribution < -0.4 is 24.4 Å². The second-order valence-corrected chi connectivity index (χ2v) is 9.09. The van der Waals surface area contributed by atoms with Crippen molar-refractivity contribution in [2.75, 3.05) is 57.7 Å². The molecule has 1 saturated heterocycles. The lowest BCUT2D eigenvalue weighted by Gasteiger charge is -2.34. The largest absolute Gasteiger partial charge is 0.495 e. The van der Waals surface area contributed by atoms with Crippen molar-refractivity contribution >= 4 is 40.5 Å². The molecule has 1 N–H and O–H groups in total. The van der Waals surface area contributed by atoms with Crippen LogP contribution in [0.15, 0.2) is 36.7 Å². The molecule has 3 aromatic rings. The number of benzene rings is 2. The van der Waals surface area contributed by atoms with Crippen molar-refractivity contribution in [3.8, 4) is 17.2 Å². The number of hydrogen-bond acceptors (Lipinski definition) is 8. The van der Waals surface area contributed by atoms with Crippen molar-refractivity contribution in [1.82, 2.24) is 14.9 Å². The van der Waals surface area contributed by atoms with Gasteiger partial charge in [-0.2, -0.15) is 0 Å². The van der Waals surface area contributed by atoms with Crippen molar-refractivity contribution in [2.24, 2.45) is 0 Å². The molecule has 8 nitrogen and oxygen atoms in total. The van der Waals surface area contributed by atoms with E-state index in [2.05, 4.69) is 38.2 Å². The lowest BCUT2D eigenvalue weighted by Crippen LogP contribution is -2.44. The molecular weight excluding hydrogens is 489 g/mol. The van der Waals surface area contributed by atoms with Crippen molar-refractivity contribution in [3.05, 3.63) is 57.8 Å². The van der Waals surface area contributed by atoms with E-state index >= 15 is 0 Å². The molecule has 1 aliphatic heterocycles. The molecule has 1 fully saturated rings. The van der Waals surface area contributed by atoms with Gasteiger partial charge in [-0.25, -0.2) is 9.97 Å². The number of nitrogens with one attached hydrogen (secondary N) is 1. The predicted octanol–water partition coefficient (Wildman–Crippen LogP) is 5.18. The third kappa shape index (κ3) is 5.83. The number of hydrogen-bond donors (Lipinski definition) is 1. The van der Waals surface area contributed by atoms with Crippen LogP contribution in [0.1, 0.15) is 11.1 Å². The third-order valence-corrected chi connectivity index (χ3v) is 6.89. The normalized spacial score (nSPS) is 14.1. The Hall–Kier alpha value is -2.94. The van der Waals surface area contributed by atoms with Crippen LogP contribution in [0, 0.1) is 6.92 Å².